The quantitative estimate of drug-likeness (QED) is 0.795. The molecule has 1 saturated carbocycles. The number of ether oxygens (including phenoxy) is 1. The minimum atomic E-state index is -0.762. The smallest absolute Gasteiger partial charge is 0.325 e. The first-order valence-corrected chi connectivity index (χ1v) is 7.61. The largest absolute Gasteiger partial charge is 0.468 e. The third kappa shape index (κ3) is 2.95. The first kappa shape index (κ1) is 14.8. The number of rotatable bonds is 3. The molecule has 1 aliphatic heterocycles. The lowest BCUT2D eigenvalue weighted by molar-refractivity contribution is -0.149. The SMILES string of the molecule is COC(=O)C1(N)CCCC(N2CCCC2C(C)C)C1. The zero-order valence-corrected chi connectivity index (χ0v) is 12.5. The van der Waals surface area contributed by atoms with Gasteiger partial charge in [-0.05, 0) is 51.0 Å². The molecule has 0 radical (unpaired) electrons. The Bertz CT molecular complexity index is 332. The van der Waals surface area contributed by atoms with E-state index in [1.807, 2.05) is 0 Å². The molecule has 110 valence electrons. The van der Waals surface area contributed by atoms with Crippen LogP contribution in [0.3, 0.4) is 0 Å². The number of likely N-dealkylation sites (tertiary alicyclic amines) is 1. The maximum Gasteiger partial charge on any atom is 0.325 e. The number of methoxy groups -OCH3 is 1. The summed E-state index contributed by atoms with van der Waals surface area (Å²) in [5.74, 6) is 0.437. The predicted octanol–water partition coefficient (Wildman–Crippen LogP) is 1.92. The highest BCUT2D eigenvalue weighted by atomic mass is 16.5. The summed E-state index contributed by atoms with van der Waals surface area (Å²) < 4.78 is 4.90. The Morgan fingerprint density at radius 2 is 2.11 bits per heavy atom. The van der Waals surface area contributed by atoms with Gasteiger partial charge in [0.15, 0.2) is 0 Å². The van der Waals surface area contributed by atoms with Gasteiger partial charge >= 0.3 is 5.97 Å². The van der Waals surface area contributed by atoms with Crippen molar-refractivity contribution in [2.75, 3.05) is 13.7 Å². The van der Waals surface area contributed by atoms with Crippen LogP contribution in [0.25, 0.3) is 0 Å². The molecule has 1 heterocycles. The van der Waals surface area contributed by atoms with E-state index in [1.54, 1.807) is 0 Å². The van der Waals surface area contributed by atoms with E-state index in [2.05, 4.69) is 18.7 Å². The number of hydrogen-bond donors (Lipinski definition) is 1. The van der Waals surface area contributed by atoms with Crippen LogP contribution in [0.5, 0.6) is 0 Å². The van der Waals surface area contributed by atoms with Crippen molar-refractivity contribution in [3.8, 4) is 0 Å². The first-order valence-electron chi connectivity index (χ1n) is 7.61. The van der Waals surface area contributed by atoms with Gasteiger partial charge < -0.3 is 10.5 Å². The number of carbonyl (C=O) groups is 1. The normalized spacial score (nSPS) is 36.7. The van der Waals surface area contributed by atoms with Gasteiger partial charge in [0, 0.05) is 12.1 Å². The van der Waals surface area contributed by atoms with Crippen molar-refractivity contribution in [1.29, 1.82) is 0 Å². The summed E-state index contributed by atoms with van der Waals surface area (Å²) in [6, 6.07) is 1.11. The molecule has 3 unspecified atom stereocenters. The second-order valence-electron chi connectivity index (χ2n) is 6.59. The van der Waals surface area contributed by atoms with Crippen molar-refractivity contribution in [2.45, 2.75) is 70.0 Å². The number of esters is 1. The fourth-order valence-electron chi connectivity index (χ4n) is 3.93. The van der Waals surface area contributed by atoms with E-state index in [-0.39, 0.29) is 5.97 Å². The van der Waals surface area contributed by atoms with Gasteiger partial charge in [-0.15, -0.1) is 0 Å². The highest BCUT2D eigenvalue weighted by Crippen LogP contribution is 2.35. The van der Waals surface area contributed by atoms with Gasteiger partial charge in [0.2, 0.25) is 0 Å². The van der Waals surface area contributed by atoms with Crippen molar-refractivity contribution < 1.29 is 9.53 Å². The monoisotopic (exact) mass is 268 g/mol. The summed E-state index contributed by atoms with van der Waals surface area (Å²) in [5.41, 5.74) is 5.53. The Morgan fingerprint density at radius 1 is 1.37 bits per heavy atom. The molecule has 4 heteroatoms. The van der Waals surface area contributed by atoms with Crippen LogP contribution in [0.15, 0.2) is 0 Å². The molecule has 2 N–H and O–H groups in total. The van der Waals surface area contributed by atoms with Crippen LogP contribution in [0, 0.1) is 5.92 Å². The third-order valence-corrected chi connectivity index (χ3v) is 4.93. The van der Waals surface area contributed by atoms with E-state index in [0.717, 1.165) is 25.8 Å². The maximum absolute atomic E-state index is 11.9. The minimum Gasteiger partial charge on any atom is -0.468 e. The topological polar surface area (TPSA) is 55.6 Å². The molecule has 1 saturated heterocycles. The molecule has 0 aromatic heterocycles. The molecule has 0 amide bonds. The van der Waals surface area contributed by atoms with Crippen LogP contribution >= 0.6 is 0 Å². The molecule has 0 spiro atoms. The molecule has 2 fully saturated rings. The Kier molecular flexibility index (Phi) is 4.51. The fourth-order valence-corrected chi connectivity index (χ4v) is 3.93. The second kappa shape index (κ2) is 5.80. The zero-order valence-electron chi connectivity index (χ0n) is 12.5. The van der Waals surface area contributed by atoms with Crippen LogP contribution in [-0.4, -0.2) is 42.1 Å². The van der Waals surface area contributed by atoms with Crippen molar-refractivity contribution in [3.63, 3.8) is 0 Å². The van der Waals surface area contributed by atoms with E-state index in [1.165, 1.54) is 26.4 Å². The fraction of sp³-hybridized carbons (Fsp3) is 0.933. The summed E-state index contributed by atoms with van der Waals surface area (Å²) >= 11 is 0. The predicted molar refractivity (Wildman–Crippen MR) is 75.8 cm³/mol. The first-order chi connectivity index (χ1) is 8.98. The molecule has 1 aliphatic carbocycles. The summed E-state index contributed by atoms with van der Waals surface area (Å²) in [7, 11) is 1.44. The van der Waals surface area contributed by atoms with Crippen LogP contribution in [0.4, 0.5) is 0 Å². The van der Waals surface area contributed by atoms with E-state index in [4.69, 9.17) is 10.5 Å². The lowest BCUT2D eigenvalue weighted by Crippen LogP contribution is -2.57. The van der Waals surface area contributed by atoms with Gasteiger partial charge in [-0.3, -0.25) is 9.69 Å². The van der Waals surface area contributed by atoms with Gasteiger partial charge in [-0.25, -0.2) is 0 Å². The number of carbonyl (C=O) groups excluding carboxylic acids is 1. The Balaban J connectivity index is 2.07. The standard InChI is InChI=1S/C15H28N2O2/c1-11(2)13-7-5-9-17(13)12-6-4-8-15(16,10-12)14(18)19-3/h11-13H,4-10,16H2,1-3H3. The van der Waals surface area contributed by atoms with E-state index in [9.17, 15) is 4.79 Å². The molecule has 0 bridgehead atoms. The molecule has 4 nitrogen and oxygen atoms in total. The van der Waals surface area contributed by atoms with Gasteiger partial charge in [0.1, 0.15) is 5.54 Å². The van der Waals surface area contributed by atoms with E-state index in [0.29, 0.717) is 18.0 Å². The zero-order chi connectivity index (χ0) is 14.0. The minimum absolute atomic E-state index is 0.238. The summed E-state index contributed by atoms with van der Waals surface area (Å²) in [6.07, 6.45) is 6.26. The van der Waals surface area contributed by atoms with Crippen LogP contribution in [0.1, 0.15) is 52.4 Å². The molecule has 19 heavy (non-hydrogen) atoms. The van der Waals surface area contributed by atoms with Crippen molar-refractivity contribution in [1.82, 2.24) is 4.90 Å². The molecular weight excluding hydrogens is 240 g/mol. The van der Waals surface area contributed by atoms with Crippen molar-refractivity contribution >= 4 is 5.97 Å². The molecule has 0 aromatic rings. The highest BCUT2D eigenvalue weighted by molar-refractivity contribution is 5.80. The maximum atomic E-state index is 11.9. The van der Waals surface area contributed by atoms with Gasteiger partial charge in [-0.2, -0.15) is 0 Å². The number of nitrogens with two attached hydrogens (primary N) is 1. The van der Waals surface area contributed by atoms with Gasteiger partial charge in [-0.1, -0.05) is 13.8 Å². The molecule has 2 aliphatic rings. The molecular formula is C15H28N2O2. The van der Waals surface area contributed by atoms with Crippen LogP contribution < -0.4 is 5.73 Å². The van der Waals surface area contributed by atoms with Crippen molar-refractivity contribution in [2.24, 2.45) is 11.7 Å². The second-order valence-corrected chi connectivity index (χ2v) is 6.59. The number of hydrogen-bond acceptors (Lipinski definition) is 4. The summed E-state index contributed by atoms with van der Waals surface area (Å²) in [4.78, 5) is 14.5. The lowest BCUT2D eigenvalue weighted by atomic mass is 9.78. The lowest BCUT2D eigenvalue weighted by Gasteiger charge is -2.42. The average Bonchev–Trinajstić information content (AvgIpc) is 2.87. The van der Waals surface area contributed by atoms with Gasteiger partial charge in [0.25, 0.3) is 0 Å². The molecule has 3 atom stereocenters. The van der Waals surface area contributed by atoms with Crippen molar-refractivity contribution in [3.05, 3.63) is 0 Å². The van der Waals surface area contributed by atoms with E-state index >= 15 is 0 Å². The number of nitrogens with zero attached hydrogens (tertiary/aromatic N) is 1. The Morgan fingerprint density at radius 3 is 2.74 bits per heavy atom. The summed E-state index contributed by atoms with van der Waals surface area (Å²) in [5, 5.41) is 0. The summed E-state index contributed by atoms with van der Waals surface area (Å²) in [6.45, 7) is 5.74. The Labute approximate surface area is 116 Å². The third-order valence-electron chi connectivity index (χ3n) is 4.93. The van der Waals surface area contributed by atoms with E-state index < -0.39 is 5.54 Å². The van der Waals surface area contributed by atoms with Crippen LogP contribution in [-0.2, 0) is 9.53 Å². The highest BCUT2D eigenvalue weighted by Gasteiger charge is 2.44. The van der Waals surface area contributed by atoms with Crippen LogP contribution in [0.2, 0.25) is 0 Å². The molecule has 2 rings (SSSR count). The Hall–Kier alpha value is -0.610. The molecule has 0 aromatic carbocycles. The van der Waals surface area contributed by atoms with Gasteiger partial charge in [0.05, 0.1) is 7.11 Å². The average molecular weight is 268 g/mol.